The van der Waals surface area contributed by atoms with E-state index >= 15 is 0 Å². The summed E-state index contributed by atoms with van der Waals surface area (Å²) in [7, 11) is 0. The number of hydrogen-bond donors (Lipinski definition) is 4. The number of thioether (sulfide) groups is 1. The van der Waals surface area contributed by atoms with Gasteiger partial charge in [-0.25, -0.2) is 4.98 Å². The molecule has 144 valence electrons. The first-order valence-corrected chi connectivity index (χ1v) is 9.43. The number of carbonyl (C=O) groups is 2. The summed E-state index contributed by atoms with van der Waals surface area (Å²) in [4.78, 5) is 42.3. The molecule has 1 heterocycles. The third-order valence-corrected chi connectivity index (χ3v) is 5.01. The van der Waals surface area contributed by atoms with E-state index in [1.807, 2.05) is 6.92 Å². The highest BCUT2D eigenvalue weighted by Gasteiger charge is 2.21. The number of hydrogen-bond acceptors (Lipinski definition) is 6. The van der Waals surface area contributed by atoms with Gasteiger partial charge in [0.05, 0.1) is 0 Å². The van der Waals surface area contributed by atoms with Crippen molar-refractivity contribution in [3.8, 4) is 0 Å². The van der Waals surface area contributed by atoms with E-state index in [1.165, 1.54) is 12.1 Å². The number of aliphatic carboxylic acids is 1. The number of anilines is 2. The van der Waals surface area contributed by atoms with Crippen molar-refractivity contribution in [2.75, 3.05) is 11.1 Å². The van der Waals surface area contributed by atoms with Crippen LogP contribution in [0.5, 0.6) is 0 Å². The van der Waals surface area contributed by atoms with Crippen molar-refractivity contribution in [3.63, 3.8) is 0 Å². The van der Waals surface area contributed by atoms with Gasteiger partial charge in [0, 0.05) is 10.6 Å². The van der Waals surface area contributed by atoms with E-state index < -0.39 is 22.7 Å². The van der Waals surface area contributed by atoms with Crippen molar-refractivity contribution in [1.29, 1.82) is 0 Å². The summed E-state index contributed by atoms with van der Waals surface area (Å²) in [5, 5.41) is 11.5. The molecule has 2 aromatic rings. The fourth-order valence-electron chi connectivity index (χ4n) is 2.19. The molecule has 0 saturated carbocycles. The zero-order chi connectivity index (χ0) is 20.0. The number of aromatic nitrogens is 2. The molecule has 0 bridgehead atoms. The van der Waals surface area contributed by atoms with E-state index in [0.29, 0.717) is 17.0 Å². The number of nitrogens with one attached hydrogen (secondary N) is 2. The van der Waals surface area contributed by atoms with Crippen molar-refractivity contribution < 1.29 is 14.7 Å². The van der Waals surface area contributed by atoms with Crippen LogP contribution in [0.4, 0.5) is 11.5 Å². The summed E-state index contributed by atoms with van der Waals surface area (Å²) in [6, 6.07) is 6.10. The normalized spacial score (nSPS) is 11.8. The van der Waals surface area contributed by atoms with E-state index in [-0.39, 0.29) is 16.7 Å². The minimum absolute atomic E-state index is 0.0884. The van der Waals surface area contributed by atoms with Gasteiger partial charge in [-0.3, -0.25) is 19.4 Å². The Morgan fingerprint density at radius 3 is 2.59 bits per heavy atom. The molecule has 0 aliphatic heterocycles. The number of aromatic amines is 1. The molecule has 0 saturated heterocycles. The first-order valence-electron chi connectivity index (χ1n) is 8.18. The van der Waals surface area contributed by atoms with Crippen molar-refractivity contribution in [3.05, 3.63) is 45.2 Å². The number of benzene rings is 1. The number of amides is 1. The van der Waals surface area contributed by atoms with Gasteiger partial charge in [-0.2, -0.15) is 0 Å². The topological polar surface area (TPSA) is 138 Å². The summed E-state index contributed by atoms with van der Waals surface area (Å²) in [6.07, 6.45) is 2.03. The highest BCUT2D eigenvalue weighted by molar-refractivity contribution is 8.00. The number of carboxylic acids is 1. The van der Waals surface area contributed by atoms with Crippen LogP contribution in [-0.2, 0) is 4.79 Å². The summed E-state index contributed by atoms with van der Waals surface area (Å²) >= 11 is 6.70. The maximum absolute atomic E-state index is 12.3. The lowest BCUT2D eigenvalue weighted by Crippen LogP contribution is -2.24. The van der Waals surface area contributed by atoms with Crippen molar-refractivity contribution in [2.24, 2.45) is 0 Å². The van der Waals surface area contributed by atoms with Crippen LogP contribution in [0.2, 0.25) is 5.02 Å². The molecular weight excluding hydrogens is 392 g/mol. The monoisotopic (exact) mass is 410 g/mol. The number of rotatable bonds is 8. The molecular formula is C17H19ClN4O4S. The Balaban J connectivity index is 2.18. The highest BCUT2D eigenvalue weighted by Crippen LogP contribution is 2.25. The smallest absolute Gasteiger partial charge is 0.317 e. The van der Waals surface area contributed by atoms with Crippen LogP contribution in [0.15, 0.2) is 34.2 Å². The molecule has 5 N–H and O–H groups in total. The van der Waals surface area contributed by atoms with Gasteiger partial charge in [0.15, 0.2) is 11.0 Å². The van der Waals surface area contributed by atoms with E-state index in [1.54, 1.807) is 12.1 Å². The third-order valence-electron chi connectivity index (χ3n) is 3.62. The van der Waals surface area contributed by atoms with Crippen molar-refractivity contribution in [1.82, 2.24) is 9.97 Å². The van der Waals surface area contributed by atoms with E-state index in [0.717, 1.165) is 24.6 Å². The average Bonchev–Trinajstić information content (AvgIpc) is 2.61. The predicted octanol–water partition coefficient (Wildman–Crippen LogP) is 2.99. The number of carboxylic acid groups (broad SMARTS) is 1. The van der Waals surface area contributed by atoms with Gasteiger partial charge in [0.25, 0.3) is 11.5 Å². The molecule has 0 fully saturated rings. The Kier molecular flexibility index (Phi) is 7.26. The summed E-state index contributed by atoms with van der Waals surface area (Å²) in [5.74, 6) is -1.73. The molecule has 8 nitrogen and oxygen atoms in total. The molecule has 1 aromatic carbocycles. The van der Waals surface area contributed by atoms with Gasteiger partial charge >= 0.3 is 5.97 Å². The van der Waals surface area contributed by atoms with E-state index in [9.17, 15) is 19.5 Å². The Morgan fingerprint density at radius 2 is 2.04 bits per heavy atom. The molecule has 1 atom stereocenters. The Hall–Kier alpha value is -2.52. The molecule has 0 spiro atoms. The molecule has 0 unspecified atom stereocenters. The predicted molar refractivity (Wildman–Crippen MR) is 105 cm³/mol. The zero-order valence-electron chi connectivity index (χ0n) is 14.5. The fourth-order valence-corrected chi connectivity index (χ4v) is 3.27. The molecule has 1 aromatic heterocycles. The van der Waals surface area contributed by atoms with Gasteiger partial charge in [-0.15, -0.1) is 0 Å². The number of carbonyl (C=O) groups excluding carboxylic acids is 1. The lowest BCUT2D eigenvalue weighted by molar-refractivity contribution is -0.136. The van der Waals surface area contributed by atoms with Crippen LogP contribution in [0, 0.1) is 0 Å². The van der Waals surface area contributed by atoms with Crippen LogP contribution in [-0.4, -0.2) is 32.2 Å². The number of nitrogen functional groups attached to an aromatic ring is 1. The van der Waals surface area contributed by atoms with Crippen molar-refractivity contribution >= 4 is 46.7 Å². The first kappa shape index (κ1) is 20.8. The Labute approximate surface area is 164 Å². The standard InChI is InChI=1S/C17H19ClN4O4S/c1-2-3-4-11(16(25)26)27-17-21-13(19)12(15(24)22-17)20-14(23)9-5-7-10(18)8-6-9/h5-8,11H,2-4H2,1H3,(H,20,23)(H,25,26)(H3,19,21,22,24)/t11-/m0/s1. The number of unbranched alkanes of at least 4 members (excludes halogenated alkanes) is 1. The van der Waals surface area contributed by atoms with Crippen LogP contribution in [0.1, 0.15) is 36.5 Å². The Morgan fingerprint density at radius 1 is 1.37 bits per heavy atom. The molecule has 10 heteroatoms. The second-order valence-electron chi connectivity index (χ2n) is 5.68. The lowest BCUT2D eigenvalue weighted by atomic mass is 10.2. The molecule has 0 radical (unpaired) electrons. The van der Waals surface area contributed by atoms with Crippen LogP contribution in [0.3, 0.4) is 0 Å². The van der Waals surface area contributed by atoms with Crippen molar-refractivity contribution in [2.45, 2.75) is 36.6 Å². The largest absolute Gasteiger partial charge is 0.480 e. The van der Waals surface area contributed by atoms with Gasteiger partial charge in [0.2, 0.25) is 0 Å². The van der Waals surface area contributed by atoms with Gasteiger partial charge in [0.1, 0.15) is 10.9 Å². The van der Waals surface area contributed by atoms with Gasteiger partial charge < -0.3 is 16.2 Å². The molecule has 0 aliphatic carbocycles. The maximum atomic E-state index is 12.3. The highest BCUT2D eigenvalue weighted by atomic mass is 35.5. The fraction of sp³-hybridized carbons (Fsp3) is 0.294. The van der Waals surface area contributed by atoms with Gasteiger partial charge in [-0.1, -0.05) is 43.1 Å². The quantitative estimate of drug-likeness (QED) is 0.387. The van der Waals surface area contributed by atoms with E-state index in [2.05, 4.69) is 15.3 Å². The van der Waals surface area contributed by atoms with Crippen LogP contribution >= 0.6 is 23.4 Å². The van der Waals surface area contributed by atoms with Crippen LogP contribution in [0.25, 0.3) is 0 Å². The first-order chi connectivity index (χ1) is 12.8. The molecule has 2 rings (SSSR count). The number of halogens is 1. The lowest BCUT2D eigenvalue weighted by Gasteiger charge is -2.12. The second kappa shape index (κ2) is 9.43. The third kappa shape index (κ3) is 5.73. The summed E-state index contributed by atoms with van der Waals surface area (Å²) < 4.78 is 0. The maximum Gasteiger partial charge on any atom is 0.317 e. The molecule has 1 amide bonds. The zero-order valence-corrected chi connectivity index (χ0v) is 16.1. The summed E-state index contributed by atoms with van der Waals surface area (Å²) in [6.45, 7) is 1.96. The number of nitrogens with zero attached hydrogens (tertiary/aromatic N) is 1. The number of nitrogens with two attached hydrogens (primary N) is 1. The van der Waals surface area contributed by atoms with E-state index in [4.69, 9.17) is 17.3 Å². The molecule has 0 aliphatic rings. The minimum Gasteiger partial charge on any atom is -0.480 e. The SMILES string of the molecule is CCCC[C@H](Sc1nc(N)c(NC(=O)c2ccc(Cl)cc2)c(=O)[nH]1)C(=O)O. The van der Waals surface area contributed by atoms with Gasteiger partial charge in [-0.05, 0) is 30.7 Å². The second-order valence-corrected chi connectivity index (χ2v) is 7.31. The minimum atomic E-state index is -0.991. The average molecular weight is 411 g/mol. The number of H-pyrrole nitrogens is 1. The summed E-state index contributed by atoms with van der Waals surface area (Å²) in [5.41, 5.74) is 5.24. The van der Waals surface area contributed by atoms with Crippen LogP contribution < -0.4 is 16.6 Å². The Bertz CT molecular complexity index is 885. The molecule has 27 heavy (non-hydrogen) atoms.